The lowest BCUT2D eigenvalue weighted by Gasteiger charge is -2.24. The van der Waals surface area contributed by atoms with Gasteiger partial charge in [-0.15, -0.1) is 0 Å². The normalized spacial score (nSPS) is 20.4. The Labute approximate surface area is 131 Å². The van der Waals surface area contributed by atoms with Crippen LogP contribution in [0.5, 0.6) is 0 Å². The number of hydrogen-bond donors (Lipinski definition) is 1. The van der Waals surface area contributed by atoms with E-state index in [1.807, 2.05) is 12.1 Å². The summed E-state index contributed by atoms with van der Waals surface area (Å²) in [5.74, 6) is -0.167. The summed E-state index contributed by atoms with van der Waals surface area (Å²) in [7, 11) is 0. The minimum atomic E-state index is -0.167. The van der Waals surface area contributed by atoms with E-state index in [9.17, 15) is 4.39 Å². The van der Waals surface area contributed by atoms with Crippen LogP contribution in [0.15, 0.2) is 42.5 Å². The molecule has 2 aromatic carbocycles. The zero-order valence-electron chi connectivity index (χ0n) is 12.7. The van der Waals surface area contributed by atoms with Crippen LogP contribution in [0.25, 0.3) is 0 Å². The number of benzene rings is 2. The van der Waals surface area contributed by atoms with Crippen LogP contribution in [0.3, 0.4) is 0 Å². The van der Waals surface area contributed by atoms with Crippen molar-refractivity contribution in [1.29, 1.82) is 0 Å². The van der Waals surface area contributed by atoms with Gasteiger partial charge in [-0.05, 0) is 60.7 Å². The predicted octanol–water partition coefficient (Wildman–Crippen LogP) is 3.14. The van der Waals surface area contributed by atoms with Gasteiger partial charge in [-0.1, -0.05) is 24.3 Å². The summed E-state index contributed by atoms with van der Waals surface area (Å²) in [6, 6.07) is 14.3. The summed E-state index contributed by atoms with van der Waals surface area (Å²) < 4.78 is 13.0. The molecule has 114 valence electrons. The topological polar surface area (TPSA) is 15.3 Å². The lowest BCUT2D eigenvalue weighted by atomic mass is 10.0. The number of hydrogen-bond acceptors (Lipinski definition) is 2. The maximum Gasteiger partial charge on any atom is 0.123 e. The molecule has 1 N–H and O–H groups in total. The van der Waals surface area contributed by atoms with E-state index in [1.54, 1.807) is 12.1 Å². The fourth-order valence-corrected chi connectivity index (χ4v) is 3.75. The highest BCUT2D eigenvalue weighted by atomic mass is 19.1. The van der Waals surface area contributed by atoms with Gasteiger partial charge in [0.25, 0.3) is 0 Å². The van der Waals surface area contributed by atoms with E-state index < -0.39 is 0 Å². The van der Waals surface area contributed by atoms with Crippen LogP contribution in [0.4, 0.5) is 10.1 Å². The Hall–Kier alpha value is -1.87. The third-order valence-electron chi connectivity index (χ3n) is 4.85. The quantitative estimate of drug-likeness (QED) is 0.916. The molecule has 3 heteroatoms. The molecule has 1 unspecified atom stereocenters. The molecule has 2 aromatic rings. The molecule has 0 aromatic heterocycles. The molecule has 2 aliphatic rings. The second kappa shape index (κ2) is 5.73. The van der Waals surface area contributed by atoms with E-state index in [-0.39, 0.29) is 5.82 Å². The fraction of sp³-hybridized carbons (Fsp3) is 0.368. The van der Waals surface area contributed by atoms with Crippen molar-refractivity contribution in [1.82, 2.24) is 5.32 Å². The molecule has 4 rings (SSSR count). The number of nitrogens with zero attached hydrogens (tertiary/aromatic N) is 1. The van der Waals surface area contributed by atoms with E-state index >= 15 is 0 Å². The highest BCUT2D eigenvalue weighted by molar-refractivity contribution is 5.61. The van der Waals surface area contributed by atoms with Crippen molar-refractivity contribution in [3.63, 3.8) is 0 Å². The van der Waals surface area contributed by atoms with Gasteiger partial charge in [0.05, 0.1) is 0 Å². The zero-order chi connectivity index (χ0) is 14.9. The zero-order valence-corrected chi connectivity index (χ0v) is 12.7. The van der Waals surface area contributed by atoms with Crippen LogP contribution in [-0.2, 0) is 12.8 Å². The van der Waals surface area contributed by atoms with Crippen molar-refractivity contribution >= 4 is 5.69 Å². The molecule has 1 saturated heterocycles. The molecule has 0 spiro atoms. The number of halogens is 1. The first kappa shape index (κ1) is 13.8. The van der Waals surface area contributed by atoms with Crippen molar-refractivity contribution in [3.05, 3.63) is 65.0 Å². The van der Waals surface area contributed by atoms with E-state index in [0.29, 0.717) is 6.04 Å². The lowest BCUT2D eigenvalue weighted by Crippen LogP contribution is -2.32. The Kier molecular flexibility index (Phi) is 3.59. The molecule has 1 atom stereocenters. The average molecular weight is 296 g/mol. The van der Waals surface area contributed by atoms with Gasteiger partial charge in [0, 0.05) is 24.8 Å². The number of rotatable bonds is 2. The first-order valence-electron chi connectivity index (χ1n) is 8.13. The molecule has 2 aliphatic heterocycles. The van der Waals surface area contributed by atoms with Crippen LogP contribution in [0, 0.1) is 5.82 Å². The summed E-state index contributed by atoms with van der Waals surface area (Å²) in [6.45, 7) is 3.31. The number of fused-ring (bicyclic) bond motifs is 3. The van der Waals surface area contributed by atoms with Crippen LogP contribution in [0.1, 0.15) is 23.1 Å². The third kappa shape index (κ3) is 2.61. The fourth-order valence-electron chi connectivity index (χ4n) is 3.75. The van der Waals surface area contributed by atoms with Gasteiger partial charge in [0.1, 0.15) is 5.82 Å². The number of anilines is 1. The van der Waals surface area contributed by atoms with Gasteiger partial charge >= 0.3 is 0 Å². The van der Waals surface area contributed by atoms with Crippen molar-refractivity contribution in [2.75, 3.05) is 24.5 Å². The maximum absolute atomic E-state index is 13.0. The Morgan fingerprint density at radius 2 is 1.86 bits per heavy atom. The highest BCUT2D eigenvalue weighted by Crippen LogP contribution is 2.34. The third-order valence-corrected chi connectivity index (χ3v) is 4.85. The van der Waals surface area contributed by atoms with E-state index in [4.69, 9.17) is 0 Å². The van der Waals surface area contributed by atoms with Crippen LogP contribution in [0.2, 0.25) is 0 Å². The summed E-state index contributed by atoms with van der Waals surface area (Å²) in [6.07, 6.45) is 3.26. The second-order valence-corrected chi connectivity index (χ2v) is 6.36. The summed E-state index contributed by atoms with van der Waals surface area (Å²) in [5.41, 5.74) is 5.38. The summed E-state index contributed by atoms with van der Waals surface area (Å²) in [4.78, 5) is 2.57. The molecule has 0 amide bonds. The molecule has 0 saturated carbocycles. The van der Waals surface area contributed by atoms with Crippen molar-refractivity contribution in [2.24, 2.45) is 0 Å². The standard InChI is InChI=1S/C19H21FN2/c20-17-4-1-14(2-5-17)11-15-3-6-19-16(12-15)13-18-7-8-21-9-10-22(18)19/h1-6,12,18,21H,7-11,13H2. The van der Waals surface area contributed by atoms with Crippen molar-refractivity contribution in [2.45, 2.75) is 25.3 Å². The minimum absolute atomic E-state index is 0.167. The molecule has 0 bridgehead atoms. The Bertz CT molecular complexity index is 666. The Morgan fingerprint density at radius 1 is 1.05 bits per heavy atom. The highest BCUT2D eigenvalue weighted by Gasteiger charge is 2.29. The van der Waals surface area contributed by atoms with Gasteiger partial charge in [0.2, 0.25) is 0 Å². The van der Waals surface area contributed by atoms with Gasteiger partial charge in [-0.25, -0.2) is 4.39 Å². The lowest BCUT2D eigenvalue weighted by molar-refractivity contribution is 0.612. The summed E-state index contributed by atoms with van der Waals surface area (Å²) in [5, 5.41) is 3.48. The van der Waals surface area contributed by atoms with Crippen LogP contribution in [-0.4, -0.2) is 25.7 Å². The monoisotopic (exact) mass is 296 g/mol. The van der Waals surface area contributed by atoms with Crippen molar-refractivity contribution in [3.8, 4) is 0 Å². The van der Waals surface area contributed by atoms with Crippen LogP contribution >= 0.6 is 0 Å². The van der Waals surface area contributed by atoms with E-state index in [1.165, 1.54) is 23.2 Å². The molecule has 2 heterocycles. The van der Waals surface area contributed by atoms with Gasteiger partial charge in [0.15, 0.2) is 0 Å². The maximum atomic E-state index is 13.0. The van der Waals surface area contributed by atoms with Gasteiger partial charge in [-0.2, -0.15) is 0 Å². The molecule has 0 radical (unpaired) electrons. The molecule has 0 aliphatic carbocycles. The second-order valence-electron chi connectivity index (χ2n) is 6.36. The minimum Gasteiger partial charge on any atom is -0.367 e. The molecule has 1 fully saturated rings. The molecule has 2 nitrogen and oxygen atoms in total. The van der Waals surface area contributed by atoms with Gasteiger partial charge < -0.3 is 10.2 Å². The SMILES string of the molecule is Fc1ccc(Cc2ccc3c(c2)CC2CCNCCN32)cc1. The van der Waals surface area contributed by atoms with Crippen molar-refractivity contribution < 1.29 is 4.39 Å². The number of nitrogens with one attached hydrogen (secondary N) is 1. The first-order chi connectivity index (χ1) is 10.8. The van der Waals surface area contributed by atoms with E-state index in [2.05, 4.69) is 28.4 Å². The first-order valence-corrected chi connectivity index (χ1v) is 8.13. The average Bonchev–Trinajstić information content (AvgIpc) is 2.70. The predicted molar refractivity (Wildman–Crippen MR) is 88.0 cm³/mol. The summed E-state index contributed by atoms with van der Waals surface area (Å²) >= 11 is 0. The molecular weight excluding hydrogens is 275 g/mol. The van der Waals surface area contributed by atoms with Crippen LogP contribution < -0.4 is 10.2 Å². The largest absolute Gasteiger partial charge is 0.367 e. The Morgan fingerprint density at radius 3 is 2.73 bits per heavy atom. The molecule has 22 heavy (non-hydrogen) atoms. The van der Waals surface area contributed by atoms with E-state index in [0.717, 1.165) is 38.0 Å². The molecular formula is C19H21FN2. The van der Waals surface area contributed by atoms with Gasteiger partial charge in [-0.3, -0.25) is 0 Å². The Balaban J connectivity index is 1.56. The smallest absolute Gasteiger partial charge is 0.123 e.